The first-order chi connectivity index (χ1) is 11.6. The molecular weight excluding hydrogens is 372 g/mol. The highest BCUT2D eigenvalue weighted by atomic mass is 79.9. The number of amides is 1. The monoisotopic (exact) mass is 390 g/mol. The van der Waals surface area contributed by atoms with Crippen LogP contribution in [0.1, 0.15) is 0 Å². The van der Waals surface area contributed by atoms with Gasteiger partial charge in [-0.2, -0.15) is 0 Å². The molecule has 1 amide bonds. The van der Waals surface area contributed by atoms with Crippen molar-refractivity contribution in [2.24, 2.45) is 0 Å². The van der Waals surface area contributed by atoms with Gasteiger partial charge in [-0.05, 0) is 43.4 Å². The van der Waals surface area contributed by atoms with Crippen LogP contribution < -0.4 is 14.8 Å². The summed E-state index contributed by atoms with van der Waals surface area (Å²) in [4.78, 5) is 14.0. The topological polar surface area (TPSA) is 50.8 Å². The summed E-state index contributed by atoms with van der Waals surface area (Å²) in [5.74, 6) is 1.46. The highest BCUT2D eigenvalue weighted by Crippen LogP contribution is 2.30. The number of nitrogens with one attached hydrogen (secondary N) is 1. The van der Waals surface area contributed by atoms with Crippen LogP contribution >= 0.6 is 15.9 Å². The number of hydrogen-bond donors (Lipinski definition) is 1. The van der Waals surface area contributed by atoms with E-state index in [1.165, 1.54) is 0 Å². The molecule has 1 unspecified atom stereocenters. The molecule has 0 aliphatic carbocycles. The van der Waals surface area contributed by atoms with Gasteiger partial charge in [-0.1, -0.05) is 28.1 Å². The minimum absolute atomic E-state index is 0.0584. The number of likely N-dealkylation sites (N-methyl/N-ethyl adjacent to an activating group) is 1. The summed E-state index contributed by atoms with van der Waals surface area (Å²) < 4.78 is 12.6. The number of fused-ring (bicyclic) bond motifs is 1. The summed E-state index contributed by atoms with van der Waals surface area (Å²) in [6, 6.07) is 15.1. The molecule has 1 atom stereocenters. The van der Waals surface area contributed by atoms with Gasteiger partial charge in [0.1, 0.15) is 12.7 Å². The number of halogens is 1. The highest BCUT2D eigenvalue weighted by Gasteiger charge is 2.22. The Labute approximate surface area is 149 Å². The Balaban J connectivity index is 1.48. The van der Waals surface area contributed by atoms with Crippen molar-refractivity contribution in [3.63, 3.8) is 0 Å². The van der Waals surface area contributed by atoms with Crippen LogP contribution in [0.2, 0.25) is 0 Å². The van der Waals surface area contributed by atoms with E-state index in [1.807, 2.05) is 60.5 Å². The summed E-state index contributed by atoms with van der Waals surface area (Å²) in [7, 11) is 1.89. The van der Waals surface area contributed by atoms with E-state index >= 15 is 0 Å². The van der Waals surface area contributed by atoms with Gasteiger partial charge in [0.05, 0.1) is 6.54 Å². The van der Waals surface area contributed by atoms with Gasteiger partial charge in [-0.15, -0.1) is 0 Å². The van der Waals surface area contributed by atoms with Crippen molar-refractivity contribution < 1.29 is 14.3 Å². The maximum Gasteiger partial charge on any atom is 0.238 e. The smallest absolute Gasteiger partial charge is 0.238 e. The zero-order valence-corrected chi connectivity index (χ0v) is 15.0. The Kier molecular flexibility index (Phi) is 5.37. The van der Waals surface area contributed by atoms with Gasteiger partial charge < -0.3 is 14.8 Å². The highest BCUT2D eigenvalue weighted by molar-refractivity contribution is 9.10. The lowest BCUT2D eigenvalue weighted by atomic mass is 10.2. The van der Waals surface area contributed by atoms with Gasteiger partial charge in [0.15, 0.2) is 11.5 Å². The SMILES string of the molecule is CN(CC(=O)Nc1ccc(Br)cc1)CC1COc2ccccc2O1. The van der Waals surface area contributed by atoms with E-state index in [0.29, 0.717) is 13.2 Å². The molecule has 1 N–H and O–H groups in total. The van der Waals surface area contributed by atoms with Crippen molar-refractivity contribution in [3.8, 4) is 11.5 Å². The quantitative estimate of drug-likeness (QED) is 0.851. The second kappa shape index (κ2) is 7.68. The second-order valence-electron chi connectivity index (χ2n) is 5.75. The van der Waals surface area contributed by atoms with Crippen molar-refractivity contribution in [1.82, 2.24) is 4.90 Å². The molecule has 1 heterocycles. The van der Waals surface area contributed by atoms with E-state index in [1.54, 1.807) is 0 Å². The Morgan fingerprint density at radius 1 is 1.21 bits per heavy atom. The number of anilines is 1. The molecule has 1 aliphatic heterocycles. The Bertz CT molecular complexity index is 706. The van der Waals surface area contributed by atoms with Crippen molar-refractivity contribution in [1.29, 1.82) is 0 Å². The first-order valence-electron chi connectivity index (χ1n) is 7.72. The third-order valence-electron chi connectivity index (χ3n) is 3.62. The molecule has 3 rings (SSSR count). The first-order valence-corrected chi connectivity index (χ1v) is 8.52. The Morgan fingerprint density at radius 2 is 1.92 bits per heavy atom. The van der Waals surface area contributed by atoms with Gasteiger partial charge in [0, 0.05) is 16.7 Å². The number of para-hydroxylation sites is 2. The summed E-state index contributed by atoms with van der Waals surface area (Å²) in [5, 5.41) is 2.88. The molecule has 0 saturated carbocycles. The third-order valence-corrected chi connectivity index (χ3v) is 4.15. The molecule has 1 aliphatic rings. The van der Waals surface area contributed by atoms with E-state index in [9.17, 15) is 4.79 Å². The van der Waals surface area contributed by atoms with Crippen LogP contribution in [0.25, 0.3) is 0 Å². The van der Waals surface area contributed by atoms with Crippen molar-refractivity contribution >= 4 is 27.5 Å². The molecule has 5 nitrogen and oxygen atoms in total. The number of ether oxygens (including phenoxy) is 2. The zero-order valence-electron chi connectivity index (χ0n) is 13.4. The number of carbonyl (C=O) groups excluding carboxylic acids is 1. The second-order valence-corrected chi connectivity index (χ2v) is 6.67. The number of carbonyl (C=O) groups is 1. The predicted octanol–water partition coefficient (Wildman–Crippen LogP) is 3.16. The Hall–Kier alpha value is -2.05. The Morgan fingerprint density at radius 3 is 2.67 bits per heavy atom. The lowest BCUT2D eigenvalue weighted by Gasteiger charge is -2.29. The molecule has 0 bridgehead atoms. The molecule has 2 aromatic rings. The molecule has 0 radical (unpaired) electrons. The van der Waals surface area contributed by atoms with Gasteiger partial charge in [0.2, 0.25) is 5.91 Å². The minimum Gasteiger partial charge on any atom is -0.486 e. The van der Waals surface area contributed by atoms with Gasteiger partial charge in [-0.25, -0.2) is 0 Å². The van der Waals surface area contributed by atoms with Crippen molar-refractivity contribution in [2.45, 2.75) is 6.10 Å². The van der Waals surface area contributed by atoms with E-state index < -0.39 is 0 Å². The maximum atomic E-state index is 12.1. The van der Waals surface area contributed by atoms with E-state index in [-0.39, 0.29) is 18.6 Å². The minimum atomic E-state index is -0.0922. The average molecular weight is 391 g/mol. The predicted molar refractivity (Wildman–Crippen MR) is 96.6 cm³/mol. The fourth-order valence-electron chi connectivity index (χ4n) is 2.54. The standard InChI is InChI=1S/C18H19BrN2O3/c1-21(11-18(22)20-14-8-6-13(19)7-9-14)10-15-12-23-16-4-2-3-5-17(16)24-15/h2-9,15H,10-12H2,1H3,(H,20,22). The fourth-order valence-corrected chi connectivity index (χ4v) is 2.81. The van der Waals surface area contributed by atoms with E-state index in [4.69, 9.17) is 9.47 Å². The molecule has 0 spiro atoms. The van der Waals surface area contributed by atoms with Crippen LogP contribution in [0.3, 0.4) is 0 Å². The van der Waals surface area contributed by atoms with E-state index in [2.05, 4.69) is 21.2 Å². The largest absolute Gasteiger partial charge is 0.486 e. The molecule has 0 saturated heterocycles. The number of benzene rings is 2. The summed E-state index contributed by atoms with van der Waals surface area (Å²) in [6.45, 7) is 1.38. The summed E-state index contributed by atoms with van der Waals surface area (Å²) >= 11 is 3.37. The zero-order chi connectivity index (χ0) is 16.9. The third kappa shape index (κ3) is 4.49. The van der Waals surface area contributed by atoms with Crippen molar-refractivity contribution in [2.75, 3.05) is 32.1 Å². The van der Waals surface area contributed by atoms with Gasteiger partial charge in [-0.3, -0.25) is 9.69 Å². The lowest BCUT2D eigenvalue weighted by molar-refractivity contribution is -0.117. The number of hydrogen-bond acceptors (Lipinski definition) is 4. The molecule has 2 aromatic carbocycles. The molecule has 126 valence electrons. The molecule has 24 heavy (non-hydrogen) atoms. The number of rotatable bonds is 5. The summed E-state index contributed by atoms with van der Waals surface area (Å²) in [6.07, 6.45) is -0.0922. The van der Waals surface area contributed by atoms with Crippen LogP contribution in [-0.2, 0) is 4.79 Å². The van der Waals surface area contributed by atoms with Crippen LogP contribution in [0.4, 0.5) is 5.69 Å². The molecule has 6 heteroatoms. The normalized spacial score (nSPS) is 16.0. The number of nitrogens with zero attached hydrogens (tertiary/aromatic N) is 1. The van der Waals surface area contributed by atoms with E-state index in [0.717, 1.165) is 21.7 Å². The maximum absolute atomic E-state index is 12.1. The van der Waals surface area contributed by atoms with Gasteiger partial charge in [0.25, 0.3) is 0 Å². The van der Waals surface area contributed by atoms with Gasteiger partial charge >= 0.3 is 0 Å². The fraction of sp³-hybridized carbons (Fsp3) is 0.278. The van der Waals surface area contributed by atoms with Crippen molar-refractivity contribution in [3.05, 3.63) is 53.0 Å². The first kappa shape index (κ1) is 16.8. The van der Waals surface area contributed by atoms with Crippen LogP contribution in [0.15, 0.2) is 53.0 Å². The lowest BCUT2D eigenvalue weighted by Crippen LogP contribution is -2.42. The van der Waals surface area contributed by atoms with Crippen LogP contribution in [-0.4, -0.2) is 43.7 Å². The van der Waals surface area contributed by atoms with Crippen LogP contribution in [0, 0.1) is 0 Å². The molecule has 0 aromatic heterocycles. The van der Waals surface area contributed by atoms with Crippen LogP contribution in [0.5, 0.6) is 11.5 Å². The average Bonchev–Trinajstić information content (AvgIpc) is 2.56. The molecular formula is C18H19BrN2O3. The summed E-state index contributed by atoms with van der Waals surface area (Å²) in [5.41, 5.74) is 0.780. The molecule has 0 fully saturated rings.